The van der Waals surface area contributed by atoms with E-state index in [-0.39, 0.29) is 0 Å². The largest absolute Gasteiger partial charge is 0.368 e. The van der Waals surface area contributed by atoms with Crippen LogP contribution in [0.5, 0.6) is 0 Å². The van der Waals surface area contributed by atoms with Crippen LogP contribution < -0.4 is 5.73 Å². The minimum absolute atomic E-state index is 0.362. The van der Waals surface area contributed by atoms with Gasteiger partial charge in [-0.3, -0.25) is 4.98 Å². The summed E-state index contributed by atoms with van der Waals surface area (Å²) in [5, 5.41) is 0. The molecule has 2 aromatic heterocycles. The first kappa shape index (κ1) is 11.1. The summed E-state index contributed by atoms with van der Waals surface area (Å²) in [5.41, 5.74) is 10.2. The Kier molecular flexibility index (Phi) is 2.70. The predicted molar refractivity (Wildman–Crippen MR) is 71.0 cm³/mol. The monoisotopic (exact) mass is 240 g/mol. The van der Waals surface area contributed by atoms with Crippen molar-refractivity contribution in [2.45, 2.75) is 32.1 Å². The van der Waals surface area contributed by atoms with E-state index in [0.29, 0.717) is 11.9 Å². The number of anilines is 1. The molecular weight excluding hydrogens is 224 g/mol. The van der Waals surface area contributed by atoms with Crippen molar-refractivity contribution in [2.75, 3.05) is 5.73 Å². The van der Waals surface area contributed by atoms with Crippen LogP contribution in [0.4, 0.5) is 5.95 Å². The zero-order valence-corrected chi connectivity index (χ0v) is 10.4. The fourth-order valence-electron chi connectivity index (χ4n) is 2.64. The average Bonchev–Trinajstić information content (AvgIpc) is 2.40. The maximum Gasteiger partial charge on any atom is 0.220 e. The highest BCUT2D eigenvalue weighted by atomic mass is 15.0. The van der Waals surface area contributed by atoms with Crippen LogP contribution in [0, 0.1) is 0 Å². The van der Waals surface area contributed by atoms with Crippen LogP contribution in [0.3, 0.4) is 0 Å². The summed E-state index contributed by atoms with van der Waals surface area (Å²) in [6.07, 6.45) is 7.00. The number of rotatable bonds is 1. The molecule has 0 fully saturated rings. The van der Waals surface area contributed by atoms with E-state index in [9.17, 15) is 0 Å². The molecule has 92 valence electrons. The molecule has 0 radical (unpaired) electrons. The molecule has 0 aromatic carbocycles. The average molecular weight is 240 g/mol. The fraction of sp³-hybridized carbons (Fsp3) is 0.357. The molecule has 2 N–H and O–H groups in total. The van der Waals surface area contributed by atoms with E-state index < -0.39 is 0 Å². The van der Waals surface area contributed by atoms with Crippen LogP contribution in [0.1, 0.15) is 36.9 Å². The van der Waals surface area contributed by atoms with Gasteiger partial charge in [-0.2, -0.15) is 0 Å². The number of nitrogens with zero attached hydrogens (tertiary/aromatic N) is 3. The van der Waals surface area contributed by atoms with Crippen molar-refractivity contribution in [3.05, 3.63) is 35.8 Å². The van der Waals surface area contributed by atoms with E-state index in [1.54, 1.807) is 6.20 Å². The van der Waals surface area contributed by atoms with E-state index >= 15 is 0 Å². The third-order valence-electron chi connectivity index (χ3n) is 3.52. The van der Waals surface area contributed by atoms with Crippen molar-refractivity contribution in [1.82, 2.24) is 15.0 Å². The van der Waals surface area contributed by atoms with Gasteiger partial charge in [0.15, 0.2) is 0 Å². The molecule has 0 saturated heterocycles. The molecule has 2 aromatic rings. The third kappa shape index (κ3) is 1.83. The maximum atomic E-state index is 5.84. The summed E-state index contributed by atoms with van der Waals surface area (Å²) in [4.78, 5) is 13.0. The highest BCUT2D eigenvalue weighted by molar-refractivity contribution is 5.64. The number of hydrogen-bond donors (Lipinski definition) is 1. The molecule has 0 spiro atoms. The Balaban J connectivity index is 2.21. The van der Waals surface area contributed by atoms with Gasteiger partial charge in [0.2, 0.25) is 5.95 Å². The molecule has 1 aliphatic carbocycles. The van der Waals surface area contributed by atoms with Crippen molar-refractivity contribution in [3.8, 4) is 11.3 Å². The van der Waals surface area contributed by atoms with Crippen molar-refractivity contribution in [1.29, 1.82) is 0 Å². The number of aromatic nitrogens is 3. The molecule has 4 heteroatoms. The van der Waals surface area contributed by atoms with Crippen LogP contribution in [0.15, 0.2) is 24.5 Å². The van der Waals surface area contributed by atoms with Gasteiger partial charge in [0.25, 0.3) is 0 Å². The zero-order valence-electron chi connectivity index (χ0n) is 10.4. The quantitative estimate of drug-likeness (QED) is 0.832. The highest BCUT2D eigenvalue weighted by Crippen LogP contribution is 2.35. The summed E-state index contributed by atoms with van der Waals surface area (Å²) in [6, 6.07) is 3.95. The predicted octanol–water partition coefficient (Wildman–Crippen LogP) is 2.56. The van der Waals surface area contributed by atoms with E-state index in [0.717, 1.165) is 23.4 Å². The minimum Gasteiger partial charge on any atom is -0.368 e. The van der Waals surface area contributed by atoms with Gasteiger partial charge >= 0.3 is 0 Å². The summed E-state index contributed by atoms with van der Waals surface area (Å²) in [7, 11) is 0. The van der Waals surface area contributed by atoms with Gasteiger partial charge in [0, 0.05) is 23.5 Å². The Hall–Kier alpha value is -1.97. The van der Waals surface area contributed by atoms with E-state index in [4.69, 9.17) is 5.73 Å². The molecule has 2 heterocycles. The van der Waals surface area contributed by atoms with Crippen LogP contribution in [0.25, 0.3) is 11.3 Å². The number of pyridine rings is 1. The molecule has 18 heavy (non-hydrogen) atoms. The van der Waals surface area contributed by atoms with Gasteiger partial charge in [-0.25, -0.2) is 9.97 Å². The van der Waals surface area contributed by atoms with E-state index in [1.165, 1.54) is 18.4 Å². The maximum absolute atomic E-state index is 5.84. The normalized spacial score (nSPS) is 18.4. The second-order valence-corrected chi connectivity index (χ2v) is 4.83. The van der Waals surface area contributed by atoms with E-state index in [2.05, 4.69) is 21.9 Å². The smallest absolute Gasteiger partial charge is 0.220 e. The van der Waals surface area contributed by atoms with Crippen LogP contribution in [-0.2, 0) is 6.42 Å². The Morgan fingerprint density at radius 2 is 2.22 bits per heavy atom. The first-order valence-corrected chi connectivity index (χ1v) is 6.32. The van der Waals surface area contributed by atoms with Crippen molar-refractivity contribution in [3.63, 3.8) is 0 Å². The number of hydrogen-bond acceptors (Lipinski definition) is 4. The Labute approximate surface area is 106 Å². The highest BCUT2D eigenvalue weighted by Gasteiger charge is 2.23. The van der Waals surface area contributed by atoms with E-state index in [1.807, 2.05) is 18.3 Å². The summed E-state index contributed by atoms with van der Waals surface area (Å²) in [6.45, 7) is 2.21. The van der Waals surface area contributed by atoms with Crippen molar-refractivity contribution in [2.24, 2.45) is 0 Å². The number of fused-ring (bicyclic) bond motifs is 1. The van der Waals surface area contributed by atoms with Gasteiger partial charge in [-0.1, -0.05) is 6.92 Å². The Morgan fingerprint density at radius 3 is 3.00 bits per heavy atom. The molecule has 1 aliphatic rings. The van der Waals surface area contributed by atoms with Crippen LogP contribution in [-0.4, -0.2) is 15.0 Å². The molecule has 0 bridgehead atoms. The Bertz CT molecular complexity index is 566. The third-order valence-corrected chi connectivity index (χ3v) is 3.52. The summed E-state index contributed by atoms with van der Waals surface area (Å²) in [5.74, 6) is 0.829. The van der Waals surface area contributed by atoms with Crippen molar-refractivity contribution >= 4 is 5.95 Å². The van der Waals surface area contributed by atoms with Crippen molar-refractivity contribution < 1.29 is 0 Å². The lowest BCUT2D eigenvalue weighted by molar-refractivity contribution is 0.572. The summed E-state index contributed by atoms with van der Waals surface area (Å²) >= 11 is 0. The molecule has 1 unspecified atom stereocenters. The Morgan fingerprint density at radius 1 is 1.33 bits per heavy atom. The van der Waals surface area contributed by atoms with Crippen LogP contribution in [0.2, 0.25) is 0 Å². The molecule has 0 saturated carbocycles. The van der Waals surface area contributed by atoms with Gasteiger partial charge in [-0.05, 0) is 37.3 Å². The molecule has 3 rings (SSSR count). The second kappa shape index (κ2) is 4.37. The number of nitrogens with two attached hydrogens (primary N) is 1. The molecule has 1 atom stereocenters. The topological polar surface area (TPSA) is 64.7 Å². The van der Waals surface area contributed by atoms with Gasteiger partial charge < -0.3 is 5.73 Å². The second-order valence-electron chi connectivity index (χ2n) is 4.83. The number of nitrogen functional groups attached to an aromatic ring is 1. The zero-order chi connectivity index (χ0) is 12.5. The molecular formula is C14H16N4. The standard InChI is InChI=1S/C14H16N4/c1-9-4-2-6-11-12(9)17-14(15)18-13(11)10-5-3-7-16-8-10/h3,5,7-9H,2,4,6H2,1H3,(H2,15,17,18). The lowest BCUT2D eigenvalue weighted by Gasteiger charge is -2.23. The SMILES string of the molecule is CC1CCCc2c(-c3cccnc3)nc(N)nc21. The summed E-state index contributed by atoms with van der Waals surface area (Å²) < 4.78 is 0. The lowest BCUT2D eigenvalue weighted by atomic mass is 9.86. The van der Waals surface area contributed by atoms with Gasteiger partial charge in [-0.15, -0.1) is 0 Å². The lowest BCUT2D eigenvalue weighted by Crippen LogP contribution is -2.14. The van der Waals surface area contributed by atoms with Gasteiger partial charge in [0.05, 0.1) is 11.4 Å². The van der Waals surface area contributed by atoms with Gasteiger partial charge in [0.1, 0.15) is 0 Å². The molecule has 0 aliphatic heterocycles. The molecule has 4 nitrogen and oxygen atoms in total. The molecule has 0 amide bonds. The minimum atomic E-state index is 0.362. The first-order valence-electron chi connectivity index (χ1n) is 6.32. The first-order chi connectivity index (χ1) is 8.75. The fourth-order valence-corrected chi connectivity index (χ4v) is 2.64. The van der Waals surface area contributed by atoms with Crippen LogP contribution >= 0.6 is 0 Å².